The van der Waals surface area contributed by atoms with Crippen molar-refractivity contribution in [2.24, 2.45) is 5.41 Å². The molecule has 2 fully saturated rings. The highest BCUT2D eigenvalue weighted by molar-refractivity contribution is 6.32. The zero-order valence-electron chi connectivity index (χ0n) is 10.2. The summed E-state index contributed by atoms with van der Waals surface area (Å²) in [6.07, 6.45) is 8.01. The fraction of sp³-hybridized carbons (Fsp3) is 0.750. The van der Waals surface area contributed by atoms with Gasteiger partial charge in [-0.3, -0.25) is 0 Å². The van der Waals surface area contributed by atoms with E-state index in [1.54, 1.807) is 0 Å². The van der Waals surface area contributed by atoms with Crippen LogP contribution in [-0.4, -0.2) is 28.3 Å². The SMILES string of the molecule is Clc1nnc(Cl)c(N2CCC3(CCCC3)CC2)n1. The smallest absolute Gasteiger partial charge is 0.245 e. The number of aromatic nitrogens is 3. The molecule has 1 aliphatic carbocycles. The van der Waals surface area contributed by atoms with Crippen LogP contribution in [0.3, 0.4) is 0 Å². The van der Waals surface area contributed by atoms with Crippen molar-refractivity contribution >= 4 is 29.0 Å². The van der Waals surface area contributed by atoms with E-state index in [2.05, 4.69) is 20.1 Å². The van der Waals surface area contributed by atoms with Crippen LogP contribution in [-0.2, 0) is 0 Å². The van der Waals surface area contributed by atoms with E-state index < -0.39 is 0 Å². The minimum atomic E-state index is 0.163. The molecule has 1 aromatic heterocycles. The van der Waals surface area contributed by atoms with Gasteiger partial charge < -0.3 is 4.90 Å². The maximum absolute atomic E-state index is 6.04. The topological polar surface area (TPSA) is 41.9 Å². The van der Waals surface area contributed by atoms with Crippen LogP contribution in [0.25, 0.3) is 0 Å². The lowest BCUT2D eigenvalue weighted by molar-refractivity contribution is 0.226. The maximum Gasteiger partial charge on any atom is 0.245 e. The van der Waals surface area contributed by atoms with E-state index in [9.17, 15) is 0 Å². The van der Waals surface area contributed by atoms with Gasteiger partial charge in [0.1, 0.15) is 0 Å². The Morgan fingerprint density at radius 3 is 2.28 bits per heavy atom. The van der Waals surface area contributed by atoms with Crippen molar-refractivity contribution < 1.29 is 0 Å². The Labute approximate surface area is 117 Å². The van der Waals surface area contributed by atoms with Crippen LogP contribution in [0.15, 0.2) is 0 Å². The van der Waals surface area contributed by atoms with Crippen LogP contribution in [0, 0.1) is 5.41 Å². The Morgan fingerprint density at radius 1 is 0.944 bits per heavy atom. The summed E-state index contributed by atoms with van der Waals surface area (Å²) in [4.78, 5) is 6.38. The number of nitrogens with zero attached hydrogens (tertiary/aromatic N) is 4. The molecule has 2 aliphatic rings. The van der Waals surface area contributed by atoms with E-state index >= 15 is 0 Å². The fourth-order valence-electron chi connectivity index (χ4n) is 3.30. The molecule has 18 heavy (non-hydrogen) atoms. The van der Waals surface area contributed by atoms with Crippen LogP contribution in [0.1, 0.15) is 38.5 Å². The van der Waals surface area contributed by atoms with Gasteiger partial charge in [-0.15, -0.1) is 10.2 Å². The van der Waals surface area contributed by atoms with Gasteiger partial charge in [0.25, 0.3) is 0 Å². The molecule has 3 rings (SSSR count). The molecule has 4 nitrogen and oxygen atoms in total. The largest absolute Gasteiger partial charge is 0.354 e. The van der Waals surface area contributed by atoms with E-state index in [1.807, 2.05) is 0 Å². The normalized spacial score (nSPS) is 22.7. The first-order valence-electron chi connectivity index (χ1n) is 6.49. The highest BCUT2D eigenvalue weighted by atomic mass is 35.5. The number of rotatable bonds is 1. The van der Waals surface area contributed by atoms with Crippen molar-refractivity contribution in [3.05, 3.63) is 10.4 Å². The molecule has 0 radical (unpaired) electrons. The minimum Gasteiger partial charge on any atom is -0.354 e. The van der Waals surface area contributed by atoms with E-state index in [0.29, 0.717) is 16.4 Å². The number of piperidine rings is 1. The Hall–Kier alpha value is -0.610. The van der Waals surface area contributed by atoms with Gasteiger partial charge >= 0.3 is 0 Å². The van der Waals surface area contributed by atoms with E-state index in [1.165, 1.54) is 38.5 Å². The number of halogens is 2. The fourth-order valence-corrected chi connectivity index (χ4v) is 3.62. The van der Waals surface area contributed by atoms with E-state index in [4.69, 9.17) is 23.2 Å². The maximum atomic E-state index is 6.04. The Morgan fingerprint density at radius 2 is 1.61 bits per heavy atom. The zero-order valence-corrected chi connectivity index (χ0v) is 11.7. The highest BCUT2D eigenvalue weighted by Crippen LogP contribution is 2.46. The molecule has 1 aliphatic heterocycles. The summed E-state index contributed by atoms with van der Waals surface area (Å²) in [5.41, 5.74) is 0.591. The molecule has 2 heterocycles. The van der Waals surface area contributed by atoms with Crippen molar-refractivity contribution in [2.75, 3.05) is 18.0 Å². The van der Waals surface area contributed by atoms with Gasteiger partial charge in [-0.2, -0.15) is 4.98 Å². The number of anilines is 1. The molecule has 1 aromatic rings. The molecular weight excluding hydrogens is 271 g/mol. The molecule has 1 spiro atoms. The van der Waals surface area contributed by atoms with Crippen molar-refractivity contribution in [2.45, 2.75) is 38.5 Å². The van der Waals surface area contributed by atoms with Gasteiger partial charge in [-0.25, -0.2) is 0 Å². The van der Waals surface area contributed by atoms with Crippen molar-refractivity contribution in [1.29, 1.82) is 0 Å². The average molecular weight is 287 g/mol. The van der Waals surface area contributed by atoms with Gasteiger partial charge in [0.15, 0.2) is 11.0 Å². The van der Waals surface area contributed by atoms with Gasteiger partial charge in [0, 0.05) is 13.1 Å². The quantitative estimate of drug-likeness (QED) is 0.794. The summed E-state index contributed by atoms with van der Waals surface area (Å²) in [6.45, 7) is 1.99. The van der Waals surface area contributed by atoms with Crippen molar-refractivity contribution in [3.8, 4) is 0 Å². The lowest BCUT2D eigenvalue weighted by Crippen LogP contribution is -2.39. The van der Waals surface area contributed by atoms with Gasteiger partial charge in [0.2, 0.25) is 5.28 Å². The molecular formula is C12H16Cl2N4. The third kappa shape index (κ3) is 2.28. The molecule has 6 heteroatoms. The summed E-state index contributed by atoms with van der Waals surface area (Å²) >= 11 is 11.8. The molecule has 0 amide bonds. The second kappa shape index (κ2) is 4.82. The van der Waals surface area contributed by atoms with Gasteiger partial charge in [-0.1, -0.05) is 24.4 Å². The molecule has 0 bridgehead atoms. The standard InChI is InChI=1S/C12H16Cl2N4/c13-9-10(15-11(14)17-16-9)18-7-5-12(6-8-18)3-1-2-4-12/h1-8H2. The molecule has 0 atom stereocenters. The van der Waals surface area contributed by atoms with Crippen molar-refractivity contribution in [1.82, 2.24) is 15.2 Å². The van der Waals surface area contributed by atoms with Crippen LogP contribution in [0.4, 0.5) is 5.82 Å². The third-order valence-corrected chi connectivity index (χ3v) is 4.80. The van der Waals surface area contributed by atoms with Crippen LogP contribution < -0.4 is 4.90 Å². The summed E-state index contributed by atoms with van der Waals surface area (Å²) in [5.74, 6) is 0.685. The molecule has 98 valence electrons. The first-order valence-corrected chi connectivity index (χ1v) is 7.25. The predicted molar refractivity (Wildman–Crippen MR) is 72.2 cm³/mol. The van der Waals surface area contributed by atoms with Gasteiger partial charge in [0.05, 0.1) is 0 Å². The Bertz CT molecular complexity index is 436. The molecule has 1 saturated carbocycles. The van der Waals surface area contributed by atoms with E-state index in [-0.39, 0.29) is 5.28 Å². The van der Waals surface area contributed by atoms with E-state index in [0.717, 1.165) is 13.1 Å². The van der Waals surface area contributed by atoms with Gasteiger partial charge in [-0.05, 0) is 42.7 Å². The summed E-state index contributed by atoms with van der Waals surface area (Å²) < 4.78 is 0. The Balaban J connectivity index is 1.74. The highest BCUT2D eigenvalue weighted by Gasteiger charge is 2.37. The molecule has 0 N–H and O–H groups in total. The zero-order chi connectivity index (χ0) is 12.6. The minimum absolute atomic E-state index is 0.163. The van der Waals surface area contributed by atoms with Crippen LogP contribution in [0.5, 0.6) is 0 Å². The van der Waals surface area contributed by atoms with Crippen LogP contribution in [0.2, 0.25) is 10.4 Å². The second-order valence-electron chi connectivity index (χ2n) is 5.39. The summed E-state index contributed by atoms with van der Waals surface area (Å²) in [5, 5.41) is 7.98. The lowest BCUT2D eigenvalue weighted by Gasteiger charge is -2.39. The molecule has 1 saturated heterocycles. The third-order valence-electron chi connectivity index (χ3n) is 4.39. The number of hydrogen-bond acceptors (Lipinski definition) is 4. The predicted octanol–water partition coefficient (Wildman–Crippen LogP) is 3.34. The number of hydrogen-bond donors (Lipinski definition) is 0. The summed E-state index contributed by atoms with van der Waals surface area (Å²) in [6, 6.07) is 0. The average Bonchev–Trinajstić information content (AvgIpc) is 2.82. The monoisotopic (exact) mass is 286 g/mol. The lowest BCUT2D eigenvalue weighted by atomic mass is 9.77. The second-order valence-corrected chi connectivity index (χ2v) is 6.09. The first-order chi connectivity index (χ1) is 8.69. The molecule has 0 unspecified atom stereocenters. The first kappa shape index (κ1) is 12.4. The van der Waals surface area contributed by atoms with Crippen molar-refractivity contribution in [3.63, 3.8) is 0 Å². The summed E-state index contributed by atoms with van der Waals surface area (Å²) in [7, 11) is 0. The van der Waals surface area contributed by atoms with Crippen LogP contribution >= 0.6 is 23.2 Å². The molecule has 0 aromatic carbocycles. The Kier molecular flexibility index (Phi) is 3.32.